The number of aliphatic hydroxyl groups excluding tert-OH is 1. The van der Waals surface area contributed by atoms with Crippen molar-refractivity contribution in [2.45, 2.75) is 24.8 Å². The maximum Gasteiger partial charge on any atom is 0.297 e. The first-order valence-corrected chi connectivity index (χ1v) is 8.53. The Morgan fingerprint density at radius 2 is 1.65 bits per heavy atom. The van der Waals surface area contributed by atoms with E-state index >= 15 is 0 Å². The molecule has 0 aliphatic rings. The van der Waals surface area contributed by atoms with E-state index in [4.69, 9.17) is 8.92 Å². The van der Waals surface area contributed by atoms with Crippen LogP contribution in [0.15, 0.2) is 47.4 Å². The van der Waals surface area contributed by atoms with Gasteiger partial charge in [-0.25, -0.2) is 0 Å². The van der Waals surface area contributed by atoms with E-state index in [1.165, 1.54) is 19.2 Å². The van der Waals surface area contributed by atoms with Crippen LogP contribution in [0.1, 0.15) is 22.8 Å². The molecule has 0 spiro atoms. The molecule has 0 saturated carbocycles. The molecule has 0 aliphatic heterocycles. The molecule has 0 heterocycles. The van der Waals surface area contributed by atoms with Gasteiger partial charge in [0, 0.05) is 5.56 Å². The van der Waals surface area contributed by atoms with Crippen LogP contribution in [0.4, 0.5) is 0 Å². The van der Waals surface area contributed by atoms with Gasteiger partial charge in [0.05, 0.1) is 18.6 Å². The van der Waals surface area contributed by atoms with Crippen molar-refractivity contribution in [2.75, 3.05) is 13.7 Å². The molecule has 23 heavy (non-hydrogen) atoms. The maximum absolute atomic E-state index is 12.1. The first kappa shape index (κ1) is 17.5. The summed E-state index contributed by atoms with van der Waals surface area (Å²) >= 11 is 0. The van der Waals surface area contributed by atoms with Gasteiger partial charge in [-0.05, 0) is 38.1 Å². The molecule has 0 aromatic heterocycles. The Bertz CT molecular complexity index is 766. The zero-order valence-electron chi connectivity index (χ0n) is 13.3. The minimum absolute atomic E-state index is 0.0616. The van der Waals surface area contributed by atoms with Gasteiger partial charge in [0.2, 0.25) is 0 Å². The molecule has 0 amide bonds. The van der Waals surface area contributed by atoms with Gasteiger partial charge < -0.3 is 9.84 Å². The third-order valence-electron chi connectivity index (χ3n) is 3.43. The molecule has 2 aromatic rings. The monoisotopic (exact) mass is 336 g/mol. The standard InChI is InChI=1S/C17H20O5S/c1-12-4-7-14(8-5-12)23(19,20)22-11-16(18)15-10-13(2)6-9-17(15)21-3/h4-10,16,18H,11H2,1-3H3. The molecule has 2 rings (SSSR count). The Balaban J connectivity index is 2.13. The summed E-state index contributed by atoms with van der Waals surface area (Å²) in [5.41, 5.74) is 2.38. The van der Waals surface area contributed by atoms with Gasteiger partial charge in [0.1, 0.15) is 11.9 Å². The van der Waals surface area contributed by atoms with Crippen LogP contribution >= 0.6 is 0 Å². The molecule has 1 unspecified atom stereocenters. The lowest BCUT2D eigenvalue weighted by atomic mass is 10.1. The fourth-order valence-electron chi connectivity index (χ4n) is 2.13. The minimum Gasteiger partial charge on any atom is -0.496 e. The Kier molecular flexibility index (Phi) is 5.41. The van der Waals surface area contributed by atoms with Gasteiger partial charge >= 0.3 is 0 Å². The molecule has 0 fully saturated rings. The van der Waals surface area contributed by atoms with Crippen LogP contribution < -0.4 is 4.74 Å². The summed E-state index contributed by atoms with van der Waals surface area (Å²) in [7, 11) is -2.42. The summed E-state index contributed by atoms with van der Waals surface area (Å²) in [6, 6.07) is 11.6. The van der Waals surface area contributed by atoms with Gasteiger partial charge in [-0.3, -0.25) is 4.18 Å². The number of rotatable bonds is 6. The summed E-state index contributed by atoms with van der Waals surface area (Å²) in [5, 5.41) is 10.2. The van der Waals surface area contributed by atoms with Crippen molar-refractivity contribution in [3.8, 4) is 5.75 Å². The lowest BCUT2D eigenvalue weighted by molar-refractivity contribution is 0.109. The SMILES string of the molecule is COc1ccc(C)cc1C(O)COS(=O)(=O)c1ccc(C)cc1. The van der Waals surface area contributed by atoms with Crippen molar-refractivity contribution in [1.82, 2.24) is 0 Å². The Morgan fingerprint density at radius 3 is 2.26 bits per heavy atom. The fourth-order valence-corrected chi connectivity index (χ4v) is 3.04. The third-order valence-corrected chi connectivity index (χ3v) is 4.73. The van der Waals surface area contributed by atoms with E-state index in [0.29, 0.717) is 11.3 Å². The van der Waals surface area contributed by atoms with Crippen molar-refractivity contribution in [2.24, 2.45) is 0 Å². The van der Waals surface area contributed by atoms with Gasteiger partial charge in [0.25, 0.3) is 10.1 Å². The first-order chi connectivity index (χ1) is 10.8. The lowest BCUT2D eigenvalue weighted by Gasteiger charge is -2.15. The van der Waals surface area contributed by atoms with E-state index in [-0.39, 0.29) is 11.5 Å². The highest BCUT2D eigenvalue weighted by atomic mass is 32.2. The molecular formula is C17H20O5S. The quantitative estimate of drug-likeness (QED) is 0.821. The zero-order valence-corrected chi connectivity index (χ0v) is 14.1. The van der Waals surface area contributed by atoms with Gasteiger partial charge in [-0.1, -0.05) is 29.3 Å². The summed E-state index contributed by atoms with van der Waals surface area (Å²) in [6.45, 7) is 3.36. The lowest BCUT2D eigenvalue weighted by Crippen LogP contribution is -2.14. The predicted octanol–water partition coefficient (Wildman–Crippen LogP) is 2.75. The fraction of sp³-hybridized carbons (Fsp3) is 0.294. The van der Waals surface area contributed by atoms with E-state index in [1.807, 2.05) is 19.9 Å². The number of hydrogen-bond acceptors (Lipinski definition) is 5. The number of ether oxygens (including phenoxy) is 1. The Hall–Kier alpha value is -1.89. The normalized spacial score (nSPS) is 12.9. The molecule has 0 bridgehead atoms. The molecule has 2 aromatic carbocycles. The third kappa shape index (κ3) is 4.31. The Morgan fingerprint density at radius 1 is 1.04 bits per heavy atom. The van der Waals surface area contributed by atoms with E-state index in [1.54, 1.807) is 24.3 Å². The van der Waals surface area contributed by atoms with Crippen LogP contribution in [0.3, 0.4) is 0 Å². The minimum atomic E-state index is -3.91. The van der Waals surface area contributed by atoms with Crippen LogP contribution in [0.2, 0.25) is 0 Å². The molecule has 0 radical (unpaired) electrons. The molecule has 6 heteroatoms. The van der Waals surface area contributed by atoms with Gasteiger partial charge in [0.15, 0.2) is 0 Å². The van der Waals surface area contributed by atoms with Crippen molar-refractivity contribution in [3.05, 3.63) is 59.2 Å². The Labute approximate surface area is 136 Å². The second-order valence-electron chi connectivity index (χ2n) is 5.31. The average molecular weight is 336 g/mol. The number of methoxy groups -OCH3 is 1. The van der Waals surface area contributed by atoms with Gasteiger partial charge in [-0.15, -0.1) is 0 Å². The smallest absolute Gasteiger partial charge is 0.297 e. The molecule has 124 valence electrons. The van der Waals surface area contributed by atoms with E-state index in [2.05, 4.69) is 0 Å². The summed E-state index contributed by atoms with van der Waals surface area (Å²) in [4.78, 5) is 0.0616. The number of aliphatic hydroxyl groups is 1. The van der Waals surface area contributed by atoms with Crippen LogP contribution in [0.5, 0.6) is 5.75 Å². The van der Waals surface area contributed by atoms with Crippen LogP contribution in [0.25, 0.3) is 0 Å². The maximum atomic E-state index is 12.1. The largest absolute Gasteiger partial charge is 0.496 e. The highest BCUT2D eigenvalue weighted by Gasteiger charge is 2.20. The number of benzene rings is 2. The number of aryl methyl sites for hydroxylation is 2. The van der Waals surface area contributed by atoms with Crippen molar-refractivity contribution in [3.63, 3.8) is 0 Å². The second-order valence-corrected chi connectivity index (χ2v) is 6.93. The molecular weight excluding hydrogens is 316 g/mol. The average Bonchev–Trinajstić information content (AvgIpc) is 2.53. The zero-order chi connectivity index (χ0) is 17.0. The summed E-state index contributed by atoms with van der Waals surface area (Å²) < 4.78 is 34.4. The molecule has 1 atom stereocenters. The van der Waals surface area contributed by atoms with E-state index in [9.17, 15) is 13.5 Å². The van der Waals surface area contributed by atoms with Crippen LogP contribution in [-0.2, 0) is 14.3 Å². The van der Waals surface area contributed by atoms with Gasteiger partial charge in [-0.2, -0.15) is 8.42 Å². The van der Waals surface area contributed by atoms with E-state index in [0.717, 1.165) is 11.1 Å². The van der Waals surface area contributed by atoms with Crippen molar-refractivity contribution >= 4 is 10.1 Å². The van der Waals surface area contributed by atoms with Crippen molar-refractivity contribution in [1.29, 1.82) is 0 Å². The highest BCUT2D eigenvalue weighted by molar-refractivity contribution is 7.86. The molecule has 0 aliphatic carbocycles. The van der Waals surface area contributed by atoms with Crippen molar-refractivity contribution < 1.29 is 22.4 Å². The van der Waals surface area contributed by atoms with Crippen LogP contribution in [0, 0.1) is 13.8 Å². The topological polar surface area (TPSA) is 72.8 Å². The molecule has 0 saturated heterocycles. The molecule has 1 N–H and O–H groups in total. The predicted molar refractivity (Wildman–Crippen MR) is 87.0 cm³/mol. The summed E-state index contributed by atoms with van der Waals surface area (Å²) in [6.07, 6.45) is -1.11. The molecule has 5 nitrogen and oxygen atoms in total. The van der Waals surface area contributed by atoms with Crippen LogP contribution in [-0.4, -0.2) is 27.2 Å². The number of hydrogen-bond donors (Lipinski definition) is 1. The highest BCUT2D eigenvalue weighted by Crippen LogP contribution is 2.27. The van der Waals surface area contributed by atoms with E-state index < -0.39 is 16.2 Å². The summed E-state index contributed by atoms with van der Waals surface area (Å²) in [5.74, 6) is 0.486. The second kappa shape index (κ2) is 7.12. The first-order valence-electron chi connectivity index (χ1n) is 7.12.